The van der Waals surface area contributed by atoms with Gasteiger partial charge in [0.1, 0.15) is 17.1 Å². The summed E-state index contributed by atoms with van der Waals surface area (Å²) in [6.45, 7) is 3.72. The standard InChI is InChI=1S/C24H23NO4S/c1-16-21(26)10-9-20-18(12-23(27)29-24(16)20)14-25(15-19-7-5-11-30-19)13-17-6-3-4-8-22(17)28-2/h3-12,26H,13-15H2,1-2H3. The summed E-state index contributed by atoms with van der Waals surface area (Å²) in [6, 6.07) is 17.1. The van der Waals surface area contributed by atoms with Crippen molar-refractivity contribution in [3.8, 4) is 11.5 Å². The predicted molar refractivity (Wildman–Crippen MR) is 119 cm³/mol. The molecule has 0 aliphatic rings. The number of phenols is 1. The van der Waals surface area contributed by atoms with Crippen LogP contribution in [0.4, 0.5) is 0 Å². The Kier molecular flexibility index (Phi) is 5.88. The third-order valence-electron chi connectivity index (χ3n) is 5.16. The summed E-state index contributed by atoms with van der Waals surface area (Å²) in [5.74, 6) is 0.958. The van der Waals surface area contributed by atoms with Gasteiger partial charge in [0.15, 0.2) is 0 Å². The normalized spacial score (nSPS) is 11.3. The van der Waals surface area contributed by atoms with E-state index in [9.17, 15) is 9.90 Å². The van der Waals surface area contributed by atoms with Gasteiger partial charge in [-0.25, -0.2) is 4.79 Å². The number of aryl methyl sites for hydroxylation is 1. The highest BCUT2D eigenvalue weighted by Gasteiger charge is 2.16. The maximum Gasteiger partial charge on any atom is 0.336 e. The Morgan fingerprint density at radius 1 is 1.03 bits per heavy atom. The number of methoxy groups -OCH3 is 1. The second kappa shape index (κ2) is 8.73. The molecule has 0 aliphatic carbocycles. The quantitative estimate of drug-likeness (QED) is 0.422. The summed E-state index contributed by atoms with van der Waals surface area (Å²) in [6.07, 6.45) is 0. The van der Waals surface area contributed by atoms with Crippen LogP contribution in [0, 0.1) is 6.92 Å². The van der Waals surface area contributed by atoms with Gasteiger partial charge in [-0.3, -0.25) is 4.90 Å². The number of thiophene rings is 1. The van der Waals surface area contributed by atoms with Crippen LogP contribution >= 0.6 is 11.3 Å². The number of hydrogen-bond acceptors (Lipinski definition) is 6. The fourth-order valence-electron chi connectivity index (χ4n) is 3.65. The van der Waals surface area contributed by atoms with Crippen LogP contribution in [0.15, 0.2) is 69.2 Å². The minimum absolute atomic E-state index is 0.118. The van der Waals surface area contributed by atoms with E-state index in [0.29, 0.717) is 24.2 Å². The van der Waals surface area contributed by atoms with Crippen LogP contribution in [0.25, 0.3) is 11.0 Å². The van der Waals surface area contributed by atoms with Gasteiger partial charge in [0.2, 0.25) is 0 Å². The molecule has 2 aromatic heterocycles. The molecule has 1 N–H and O–H groups in total. The highest BCUT2D eigenvalue weighted by Crippen LogP contribution is 2.29. The first-order valence-corrected chi connectivity index (χ1v) is 10.5. The minimum atomic E-state index is -0.417. The van der Waals surface area contributed by atoms with E-state index in [1.807, 2.05) is 30.3 Å². The van der Waals surface area contributed by atoms with Crippen molar-refractivity contribution in [3.05, 3.63) is 92.0 Å². The summed E-state index contributed by atoms with van der Waals surface area (Å²) < 4.78 is 10.9. The monoisotopic (exact) mass is 421 g/mol. The average Bonchev–Trinajstić information content (AvgIpc) is 3.24. The minimum Gasteiger partial charge on any atom is -0.508 e. The molecular formula is C24H23NO4S. The maximum absolute atomic E-state index is 12.2. The number of para-hydroxylation sites is 1. The van der Waals surface area contributed by atoms with Gasteiger partial charge in [0.25, 0.3) is 0 Å². The van der Waals surface area contributed by atoms with Gasteiger partial charge in [-0.15, -0.1) is 11.3 Å². The Balaban J connectivity index is 1.73. The molecule has 30 heavy (non-hydrogen) atoms. The van der Waals surface area contributed by atoms with E-state index < -0.39 is 5.63 Å². The van der Waals surface area contributed by atoms with Crippen molar-refractivity contribution < 1.29 is 14.3 Å². The van der Waals surface area contributed by atoms with Gasteiger partial charge in [-0.1, -0.05) is 24.3 Å². The molecule has 154 valence electrons. The van der Waals surface area contributed by atoms with Gasteiger partial charge in [0.05, 0.1) is 7.11 Å². The van der Waals surface area contributed by atoms with Crippen molar-refractivity contribution in [2.75, 3.05) is 7.11 Å². The van der Waals surface area contributed by atoms with Crippen molar-refractivity contribution in [2.45, 2.75) is 26.6 Å². The molecule has 0 saturated heterocycles. The lowest BCUT2D eigenvalue weighted by Crippen LogP contribution is -2.23. The first-order chi connectivity index (χ1) is 14.5. The summed E-state index contributed by atoms with van der Waals surface area (Å²) in [7, 11) is 1.67. The molecule has 0 unspecified atom stereocenters. The van der Waals surface area contributed by atoms with Crippen LogP contribution in [0.3, 0.4) is 0 Å². The zero-order valence-electron chi connectivity index (χ0n) is 16.9. The molecule has 4 rings (SSSR count). The summed E-state index contributed by atoms with van der Waals surface area (Å²) in [5, 5.41) is 12.9. The summed E-state index contributed by atoms with van der Waals surface area (Å²) in [4.78, 5) is 15.8. The van der Waals surface area contributed by atoms with E-state index in [-0.39, 0.29) is 5.75 Å². The molecule has 0 saturated carbocycles. The number of aromatic hydroxyl groups is 1. The number of rotatable bonds is 7. The van der Waals surface area contributed by atoms with Crippen LogP contribution in [0.2, 0.25) is 0 Å². The maximum atomic E-state index is 12.2. The second-order valence-electron chi connectivity index (χ2n) is 7.21. The lowest BCUT2D eigenvalue weighted by Gasteiger charge is -2.23. The van der Waals surface area contributed by atoms with E-state index in [0.717, 1.165) is 28.8 Å². The van der Waals surface area contributed by atoms with Crippen LogP contribution in [0.5, 0.6) is 11.5 Å². The van der Waals surface area contributed by atoms with E-state index in [1.165, 1.54) is 4.88 Å². The van der Waals surface area contributed by atoms with Crippen molar-refractivity contribution in [3.63, 3.8) is 0 Å². The third-order valence-corrected chi connectivity index (χ3v) is 6.02. The topological polar surface area (TPSA) is 62.9 Å². The first-order valence-electron chi connectivity index (χ1n) is 9.67. The number of fused-ring (bicyclic) bond motifs is 1. The van der Waals surface area contributed by atoms with Crippen LogP contribution < -0.4 is 10.4 Å². The zero-order valence-corrected chi connectivity index (χ0v) is 17.7. The molecule has 0 fully saturated rings. The van der Waals surface area contributed by atoms with Crippen LogP contribution in [-0.4, -0.2) is 17.1 Å². The highest BCUT2D eigenvalue weighted by molar-refractivity contribution is 7.09. The fourth-order valence-corrected chi connectivity index (χ4v) is 4.40. The molecule has 0 atom stereocenters. The molecule has 0 aliphatic heterocycles. The molecule has 5 nitrogen and oxygen atoms in total. The Morgan fingerprint density at radius 3 is 2.60 bits per heavy atom. The summed E-state index contributed by atoms with van der Waals surface area (Å²) in [5.41, 5.74) is 2.54. The molecule has 0 radical (unpaired) electrons. The van der Waals surface area contributed by atoms with E-state index in [2.05, 4.69) is 22.4 Å². The fraction of sp³-hybridized carbons (Fsp3) is 0.208. The first kappa shape index (κ1) is 20.2. The second-order valence-corrected chi connectivity index (χ2v) is 8.25. The molecule has 6 heteroatoms. The van der Waals surface area contributed by atoms with Crippen LogP contribution in [0.1, 0.15) is 21.6 Å². The number of benzene rings is 2. The number of ether oxygens (including phenoxy) is 1. The third kappa shape index (κ3) is 4.25. The lowest BCUT2D eigenvalue weighted by molar-refractivity contribution is 0.246. The van der Waals surface area contributed by atoms with Gasteiger partial charge in [0, 0.05) is 47.1 Å². The molecule has 0 amide bonds. The smallest absolute Gasteiger partial charge is 0.336 e. The van der Waals surface area contributed by atoms with Gasteiger partial charge in [-0.2, -0.15) is 0 Å². The lowest BCUT2D eigenvalue weighted by atomic mass is 10.1. The Morgan fingerprint density at radius 2 is 1.83 bits per heavy atom. The Hall–Kier alpha value is -3.09. The zero-order chi connectivity index (χ0) is 21.1. The van der Waals surface area contributed by atoms with Gasteiger partial charge >= 0.3 is 5.63 Å². The molecule has 0 spiro atoms. The summed E-state index contributed by atoms with van der Waals surface area (Å²) >= 11 is 1.71. The highest BCUT2D eigenvalue weighted by atomic mass is 32.1. The predicted octanol–water partition coefficient (Wildman–Crippen LogP) is 5.08. The van der Waals surface area contributed by atoms with Crippen molar-refractivity contribution >= 4 is 22.3 Å². The van der Waals surface area contributed by atoms with E-state index in [1.54, 1.807) is 37.5 Å². The molecule has 0 bridgehead atoms. The average molecular weight is 422 g/mol. The van der Waals surface area contributed by atoms with Gasteiger partial charge < -0.3 is 14.3 Å². The number of phenolic OH excluding ortho intramolecular Hbond substituents is 1. The van der Waals surface area contributed by atoms with E-state index in [4.69, 9.17) is 9.15 Å². The van der Waals surface area contributed by atoms with Crippen LogP contribution in [-0.2, 0) is 19.6 Å². The van der Waals surface area contributed by atoms with E-state index >= 15 is 0 Å². The molecule has 4 aromatic rings. The number of hydrogen-bond donors (Lipinski definition) is 1. The largest absolute Gasteiger partial charge is 0.508 e. The SMILES string of the molecule is COc1ccccc1CN(Cc1cccs1)Cc1cc(=O)oc2c(C)c(O)ccc12. The molecular weight excluding hydrogens is 398 g/mol. The number of nitrogens with zero attached hydrogens (tertiary/aromatic N) is 1. The Bertz CT molecular complexity index is 1210. The Labute approximate surface area is 178 Å². The van der Waals surface area contributed by atoms with Crippen molar-refractivity contribution in [2.24, 2.45) is 0 Å². The van der Waals surface area contributed by atoms with Gasteiger partial charge in [-0.05, 0) is 42.1 Å². The molecule has 2 aromatic carbocycles. The van der Waals surface area contributed by atoms with Crippen molar-refractivity contribution in [1.82, 2.24) is 4.90 Å². The van der Waals surface area contributed by atoms with Crippen molar-refractivity contribution in [1.29, 1.82) is 0 Å². The molecule has 2 heterocycles.